The average molecular weight is 384 g/mol. The smallest absolute Gasteiger partial charge is 0.137 e. The lowest BCUT2D eigenvalue weighted by Gasteiger charge is -2.34. The number of benzene rings is 2. The molecule has 2 atom stereocenters. The molecule has 5 nitrogen and oxygen atoms in total. The van der Waals surface area contributed by atoms with Crippen LogP contribution in [0.1, 0.15) is 24.5 Å². The molecule has 2 aromatic carbocycles. The van der Waals surface area contributed by atoms with Gasteiger partial charge in [-0.1, -0.05) is 37.3 Å². The first kappa shape index (κ1) is 19.7. The Morgan fingerprint density at radius 3 is 2.61 bits per heavy atom. The molecule has 0 saturated heterocycles. The number of nitrogens with zero attached hydrogens (tertiary/aromatic N) is 3. The van der Waals surface area contributed by atoms with Gasteiger partial charge in [0.25, 0.3) is 0 Å². The number of hydrogen-bond acceptors (Lipinski definition) is 4. The Kier molecular flexibility index (Phi) is 5.84. The van der Waals surface area contributed by atoms with Crippen LogP contribution in [-0.2, 0) is 12.1 Å². The molecular formula is C21H22F2N4O. The minimum absolute atomic E-state index is 0.00751. The quantitative estimate of drug-likeness (QED) is 0.608. The van der Waals surface area contributed by atoms with Crippen molar-refractivity contribution in [2.24, 2.45) is 5.92 Å². The van der Waals surface area contributed by atoms with Gasteiger partial charge in [0.05, 0.1) is 6.54 Å². The predicted molar refractivity (Wildman–Crippen MR) is 104 cm³/mol. The minimum atomic E-state index is -1.60. The Morgan fingerprint density at radius 1 is 1.21 bits per heavy atom. The summed E-state index contributed by atoms with van der Waals surface area (Å²) >= 11 is 0. The van der Waals surface area contributed by atoms with E-state index in [2.05, 4.69) is 10.1 Å². The lowest BCUT2D eigenvalue weighted by atomic mass is 9.80. The zero-order valence-corrected chi connectivity index (χ0v) is 15.5. The molecule has 0 aliphatic heterocycles. The van der Waals surface area contributed by atoms with Gasteiger partial charge in [-0.3, -0.25) is 0 Å². The second-order valence-corrected chi connectivity index (χ2v) is 6.85. The Hall–Kier alpha value is -3.06. The maximum Gasteiger partial charge on any atom is 0.137 e. The summed E-state index contributed by atoms with van der Waals surface area (Å²) in [4.78, 5) is 3.87. The summed E-state index contributed by atoms with van der Waals surface area (Å²) in [7, 11) is 0. The van der Waals surface area contributed by atoms with E-state index in [1.807, 2.05) is 31.2 Å². The molecule has 0 spiro atoms. The first-order chi connectivity index (χ1) is 13.4. The summed E-state index contributed by atoms with van der Waals surface area (Å²) in [6.07, 6.45) is 7.07. The third kappa shape index (κ3) is 4.43. The number of nitrogens with two attached hydrogens (primary N) is 1. The molecule has 3 N–H and O–H groups in total. The number of allylic oxidation sites excluding steroid dienone is 1. The van der Waals surface area contributed by atoms with Crippen molar-refractivity contribution in [3.05, 3.63) is 84.0 Å². The molecule has 7 heteroatoms. The van der Waals surface area contributed by atoms with Gasteiger partial charge in [-0.2, -0.15) is 5.10 Å². The topological polar surface area (TPSA) is 77.0 Å². The van der Waals surface area contributed by atoms with Crippen LogP contribution in [0.4, 0.5) is 14.5 Å². The number of aromatic nitrogens is 3. The lowest BCUT2D eigenvalue weighted by molar-refractivity contribution is -0.0379. The second-order valence-electron chi connectivity index (χ2n) is 6.85. The average Bonchev–Trinajstić information content (AvgIpc) is 3.15. The third-order valence-corrected chi connectivity index (χ3v) is 4.82. The molecule has 0 radical (unpaired) electrons. The fourth-order valence-corrected chi connectivity index (χ4v) is 3.12. The number of hydrogen-bond donors (Lipinski definition) is 2. The molecule has 3 rings (SSSR count). The SMILES string of the molecule is C[C@@H](C/C=C/c1ccc(N)cc1)[C@](O)(Cn1cncn1)c1ccc(F)cc1F. The first-order valence-corrected chi connectivity index (χ1v) is 8.91. The van der Waals surface area contributed by atoms with Gasteiger partial charge >= 0.3 is 0 Å². The van der Waals surface area contributed by atoms with Crippen LogP contribution >= 0.6 is 0 Å². The van der Waals surface area contributed by atoms with Gasteiger partial charge in [0.2, 0.25) is 0 Å². The summed E-state index contributed by atoms with van der Waals surface area (Å²) in [5, 5.41) is 15.4. The monoisotopic (exact) mass is 384 g/mol. The highest BCUT2D eigenvalue weighted by molar-refractivity contribution is 5.53. The highest BCUT2D eigenvalue weighted by atomic mass is 19.1. The highest BCUT2D eigenvalue weighted by Crippen LogP contribution is 2.35. The molecule has 0 fully saturated rings. The Labute approximate surface area is 162 Å². The summed E-state index contributed by atoms with van der Waals surface area (Å²) in [5.41, 5.74) is 5.75. The van der Waals surface area contributed by atoms with Crippen LogP contribution in [0, 0.1) is 17.6 Å². The van der Waals surface area contributed by atoms with Gasteiger partial charge in [0.1, 0.15) is 29.9 Å². The minimum Gasteiger partial charge on any atom is -0.399 e. The fourth-order valence-electron chi connectivity index (χ4n) is 3.12. The van der Waals surface area contributed by atoms with Crippen LogP contribution in [0.2, 0.25) is 0 Å². The maximum atomic E-state index is 14.5. The zero-order valence-electron chi connectivity index (χ0n) is 15.5. The first-order valence-electron chi connectivity index (χ1n) is 8.91. The Balaban J connectivity index is 1.86. The highest BCUT2D eigenvalue weighted by Gasteiger charge is 2.38. The van der Waals surface area contributed by atoms with Gasteiger partial charge in [-0.25, -0.2) is 18.4 Å². The van der Waals surface area contributed by atoms with E-state index in [0.29, 0.717) is 12.1 Å². The summed E-state index contributed by atoms with van der Waals surface area (Å²) in [6.45, 7) is 1.81. The lowest BCUT2D eigenvalue weighted by Crippen LogP contribution is -2.39. The maximum absolute atomic E-state index is 14.5. The summed E-state index contributed by atoms with van der Waals surface area (Å²) < 4.78 is 29.3. The molecule has 3 aromatic rings. The van der Waals surface area contributed by atoms with Crippen LogP contribution in [-0.4, -0.2) is 19.9 Å². The van der Waals surface area contributed by atoms with E-state index in [4.69, 9.17) is 5.73 Å². The van der Waals surface area contributed by atoms with E-state index in [0.717, 1.165) is 17.7 Å². The molecule has 1 aromatic heterocycles. The Bertz CT molecular complexity index is 942. The van der Waals surface area contributed by atoms with Gasteiger partial charge in [0.15, 0.2) is 0 Å². The normalized spacial score (nSPS) is 14.9. The van der Waals surface area contributed by atoms with Crippen molar-refractivity contribution in [1.29, 1.82) is 0 Å². The van der Waals surface area contributed by atoms with Crippen LogP contribution in [0.3, 0.4) is 0 Å². The zero-order chi connectivity index (χ0) is 20.1. The van der Waals surface area contributed by atoms with Crippen molar-refractivity contribution in [2.45, 2.75) is 25.5 Å². The third-order valence-electron chi connectivity index (χ3n) is 4.82. The molecule has 0 aliphatic rings. The van der Waals surface area contributed by atoms with Crippen LogP contribution < -0.4 is 5.73 Å². The number of anilines is 1. The van der Waals surface area contributed by atoms with E-state index in [1.165, 1.54) is 23.4 Å². The predicted octanol–water partition coefficient (Wildman–Crippen LogP) is 3.77. The van der Waals surface area contributed by atoms with Crippen molar-refractivity contribution in [1.82, 2.24) is 14.8 Å². The van der Waals surface area contributed by atoms with Crippen LogP contribution in [0.5, 0.6) is 0 Å². The van der Waals surface area contributed by atoms with E-state index in [9.17, 15) is 13.9 Å². The molecule has 146 valence electrons. The molecule has 28 heavy (non-hydrogen) atoms. The molecule has 0 saturated carbocycles. The van der Waals surface area contributed by atoms with Crippen LogP contribution in [0.15, 0.2) is 61.2 Å². The second kappa shape index (κ2) is 8.31. The molecular weight excluding hydrogens is 362 g/mol. The molecule has 0 bridgehead atoms. The number of halogens is 2. The van der Waals surface area contributed by atoms with Gasteiger partial charge in [-0.15, -0.1) is 0 Å². The number of rotatable bonds is 7. The van der Waals surface area contributed by atoms with Crippen molar-refractivity contribution >= 4 is 11.8 Å². The van der Waals surface area contributed by atoms with E-state index in [-0.39, 0.29) is 18.0 Å². The van der Waals surface area contributed by atoms with Crippen molar-refractivity contribution in [3.63, 3.8) is 0 Å². The van der Waals surface area contributed by atoms with Gasteiger partial charge in [-0.05, 0) is 36.1 Å². The summed E-state index contributed by atoms with van der Waals surface area (Å²) in [5.74, 6) is -1.88. The van der Waals surface area contributed by atoms with Gasteiger partial charge < -0.3 is 10.8 Å². The standard InChI is InChI=1S/C21H22F2N4O/c1-15(3-2-4-16-5-8-18(24)9-6-16)21(28,12-27-14-25-13-26-27)19-10-7-17(22)11-20(19)23/h2,4-11,13-15,28H,3,12,24H2,1H3/b4-2+/t15-,21+/m0/s1. The molecule has 1 heterocycles. The molecule has 0 amide bonds. The number of aliphatic hydroxyl groups is 1. The number of nitrogen functional groups attached to an aromatic ring is 1. The largest absolute Gasteiger partial charge is 0.399 e. The molecule has 0 aliphatic carbocycles. The van der Waals surface area contributed by atoms with E-state index in [1.54, 1.807) is 12.1 Å². The van der Waals surface area contributed by atoms with E-state index >= 15 is 0 Å². The van der Waals surface area contributed by atoms with Crippen molar-refractivity contribution < 1.29 is 13.9 Å². The van der Waals surface area contributed by atoms with Crippen LogP contribution in [0.25, 0.3) is 6.08 Å². The fraction of sp³-hybridized carbons (Fsp3) is 0.238. The summed E-state index contributed by atoms with van der Waals surface area (Å²) in [6, 6.07) is 10.6. The molecule has 0 unspecified atom stereocenters. The van der Waals surface area contributed by atoms with Crippen molar-refractivity contribution in [2.75, 3.05) is 5.73 Å². The van der Waals surface area contributed by atoms with E-state index < -0.39 is 17.2 Å². The van der Waals surface area contributed by atoms with Crippen molar-refractivity contribution in [3.8, 4) is 0 Å². The Morgan fingerprint density at radius 2 is 1.96 bits per heavy atom. The van der Waals surface area contributed by atoms with Gasteiger partial charge in [0, 0.05) is 17.3 Å².